The van der Waals surface area contributed by atoms with Gasteiger partial charge >= 0.3 is 0 Å². The lowest BCUT2D eigenvalue weighted by Crippen LogP contribution is -2.69. The molecule has 0 N–H and O–H groups in total. The van der Waals surface area contributed by atoms with E-state index >= 15 is 4.39 Å². The Morgan fingerprint density at radius 3 is 2.48 bits per heavy atom. The number of rotatable bonds is 2. The first-order chi connectivity index (χ1) is 15.1. The van der Waals surface area contributed by atoms with Crippen molar-refractivity contribution < 1.29 is 23.5 Å². The van der Waals surface area contributed by atoms with Crippen LogP contribution in [-0.2, 0) is 19.1 Å². The Kier molecular flexibility index (Phi) is 5.35. The van der Waals surface area contributed by atoms with Crippen LogP contribution in [0.15, 0.2) is 23.8 Å². The van der Waals surface area contributed by atoms with Crippen LogP contribution in [0.5, 0.6) is 0 Å². The van der Waals surface area contributed by atoms with Crippen molar-refractivity contribution in [3.05, 3.63) is 23.8 Å². The molecular formula is C24H27Cl4FO4. The highest BCUT2D eigenvalue weighted by molar-refractivity contribution is 6.54. The lowest BCUT2D eigenvalue weighted by Gasteiger charge is -2.64. The van der Waals surface area contributed by atoms with E-state index in [1.54, 1.807) is 19.9 Å². The van der Waals surface area contributed by atoms with Crippen molar-refractivity contribution in [2.45, 2.75) is 85.7 Å². The first-order valence-electron chi connectivity index (χ1n) is 11.3. The zero-order chi connectivity index (χ0) is 24.4. The van der Waals surface area contributed by atoms with Crippen LogP contribution in [0, 0.1) is 22.7 Å². The minimum absolute atomic E-state index is 0.0983. The van der Waals surface area contributed by atoms with Gasteiger partial charge in [0.15, 0.2) is 22.0 Å². The Morgan fingerprint density at radius 1 is 1.18 bits per heavy atom. The van der Waals surface area contributed by atoms with E-state index in [2.05, 4.69) is 0 Å². The zero-order valence-corrected chi connectivity index (χ0v) is 21.9. The number of hydrogen-bond acceptors (Lipinski definition) is 4. The lowest BCUT2D eigenvalue weighted by molar-refractivity contribution is -0.212. The summed E-state index contributed by atoms with van der Waals surface area (Å²) >= 11 is 26.8. The quantitative estimate of drug-likeness (QED) is 0.423. The molecule has 182 valence electrons. The molecule has 0 bridgehead atoms. The third-order valence-corrected chi connectivity index (χ3v) is 11.1. The molecule has 1 saturated heterocycles. The van der Waals surface area contributed by atoms with E-state index in [9.17, 15) is 9.59 Å². The van der Waals surface area contributed by atoms with Crippen molar-refractivity contribution in [1.82, 2.24) is 0 Å². The van der Waals surface area contributed by atoms with Crippen molar-refractivity contribution >= 4 is 58.0 Å². The third-order valence-electron chi connectivity index (χ3n) is 9.14. The van der Waals surface area contributed by atoms with Crippen LogP contribution in [0.3, 0.4) is 0 Å². The summed E-state index contributed by atoms with van der Waals surface area (Å²) in [6.45, 7) is 7.31. The molecule has 0 aromatic carbocycles. The second kappa shape index (κ2) is 7.20. The number of alkyl halides is 5. The molecule has 4 fully saturated rings. The Labute approximate surface area is 213 Å². The highest BCUT2D eigenvalue weighted by Crippen LogP contribution is 2.74. The monoisotopic (exact) mass is 538 g/mol. The maximum Gasteiger partial charge on any atom is 0.200 e. The first-order valence-corrected chi connectivity index (χ1v) is 13.0. The molecule has 9 atom stereocenters. The second-order valence-corrected chi connectivity index (χ2v) is 13.3. The van der Waals surface area contributed by atoms with E-state index in [-0.39, 0.29) is 18.1 Å². The van der Waals surface area contributed by atoms with Gasteiger partial charge in [0.2, 0.25) is 5.78 Å². The molecule has 4 nitrogen and oxygen atoms in total. The number of ether oxygens (including phenoxy) is 2. The fourth-order valence-electron chi connectivity index (χ4n) is 7.83. The van der Waals surface area contributed by atoms with E-state index in [1.165, 1.54) is 12.2 Å². The Balaban J connectivity index is 1.67. The molecule has 9 heteroatoms. The standard InChI is InChI=1S/C24H27Cl4FO4/c1-20(2)32-17-9-12-13-8-15(29)14-7-11(30)5-6-21(14,3)23(13,28)16(25)10-22(12,4)24(17,33-20)18(31)19(26)27/h5-7,12-13,15-17,19H,8-10H2,1-4H3/t12-,13-,15-,16-,17+,21-,22-,23-,24-/m0/s1. The van der Waals surface area contributed by atoms with Crippen molar-refractivity contribution in [3.63, 3.8) is 0 Å². The molecule has 4 aliphatic carbocycles. The molecule has 0 aromatic rings. The van der Waals surface area contributed by atoms with Crippen LogP contribution in [0.4, 0.5) is 4.39 Å². The number of halogens is 5. The maximum absolute atomic E-state index is 15.7. The van der Waals surface area contributed by atoms with Gasteiger partial charge in [0, 0.05) is 10.8 Å². The van der Waals surface area contributed by atoms with Crippen molar-refractivity contribution in [1.29, 1.82) is 0 Å². The summed E-state index contributed by atoms with van der Waals surface area (Å²) in [5.74, 6) is -2.36. The SMILES string of the molecule is CC1(C)O[C@@H]2C[C@H]3[C@@H]4C[C@H](F)C5=CC(=O)C=C[C@]5(C)[C@@]4(Cl)[C@@H](Cl)C[C@]3(C)[C@]2(C(=O)C(Cl)Cl)O1. The van der Waals surface area contributed by atoms with Crippen LogP contribution in [0.25, 0.3) is 0 Å². The van der Waals surface area contributed by atoms with Crippen LogP contribution in [-0.4, -0.2) is 50.3 Å². The van der Waals surface area contributed by atoms with E-state index in [4.69, 9.17) is 55.9 Å². The number of carbonyl (C=O) groups excluding carboxylic acids is 2. The van der Waals surface area contributed by atoms with Crippen molar-refractivity contribution in [3.8, 4) is 0 Å². The van der Waals surface area contributed by atoms with Gasteiger partial charge in [0.1, 0.15) is 6.17 Å². The van der Waals surface area contributed by atoms with Gasteiger partial charge in [0.25, 0.3) is 0 Å². The van der Waals surface area contributed by atoms with Crippen molar-refractivity contribution in [2.24, 2.45) is 22.7 Å². The minimum Gasteiger partial charge on any atom is -0.344 e. The van der Waals surface area contributed by atoms with Gasteiger partial charge in [0.05, 0.1) is 16.4 Å². The van der Waals surface area contributed by atoms with Crippen LogP contribution >= 0.6 is 46.4 Å². The van der Waals surface area contributed by atoms with Gasteiger partial charge in [-0.3, -0.25) is 9.59 Å². The second-order valence-electron chi connectivity index (χ2n) is 11.1. The first kappa shape index (κ1) is 24.5. The zero-order valence-electron chi connectivity index (χ0n) is 18.8. The number of hydrogen-bond donors (Lipinski definition) is 0. The highest BCUT2D eigenvalue weighted by Gasteiger charge is 2.80. The van der Waals surface area contributed by atoms with Gasteiger partial charge < -0.3 is 9.47 Å². The predicted molar refractivity (Wildman–Crippen MR) is 126 cm³/mol. The summed E-state index contributed by atoms with van der Waals surface area (Å²) in [5.41, 5.74) is -2.82. The summed E-state index contributed by atoms with van der Waals surface area (Å²) in [4.78, 5) is 23.2. The van der Waals surface area contributed by atoms with Crippen molar-refractivity contribution in [2.75, 3.05) is 0 Å². The van der Waals surface area contributed by atoms with E-state index in [0.717, 1.165) is 0 Å². The summed E-state index contributed by atoms with van der Waals surface area (Å²) in [7, 11) is 0. The molecule has 0 aromatic heterocycles. The largest absolute Gasteiger partial charge is 0.344 e. The number of fused-ring (bicyclic) bond motifs is 7. The molecule has 1 aliphatic heterocycles. The van der Waals surface area contributed by atoms with E-state index < -0.39 is 61.3 Å². The summed E-state index contributed by atoms with van der Waals surface area (Å²) < 4.78 is 28.3. The molecular weight excluding hydrogens is 513 g/mol. The molecule has 0 amide bonds. The highest BCUT2D eigenvalue weighted by atomic mass is 35.5. The van der Waals surface area contributed by atoms with Gasteiger partial charge in [-0.05, 0) is 62.7 Å². The normalized spacial score (nSPS) is 52.1. The molecule has 33 heavy (non-hydrogen) atoms. The summed E-state index contributed by atoms with van der Waals surface area (Å²) in [6.07, 6.45) is 3.40. The molecule has 1 heterocycles. The summed E-state index contributed by atoms with van der Waals surface area (Å²) in [6, 6.07) is 0. The molecule has 0 unspecified atom stereocenters. The predicted octanol–water partition coefficient (Wildman–Crippen LogP) is 5.69. The van der Waals surface area contributed by atoms with Gasteiger partial charge in [-0.15, -0.1) is 23.2 Å². The van der Waals surface area contributed by atoms with Gasteiger partial charge in [-0.2, -0.15) is 0 Å². The van der Waals surface area contributed by atoms with E-state index in [1.807, 2.05) is 13.8 Å². The molecule has 5 aliphatic rings. The average molecular weight is 540 g/mol. The summed E-state index contributed by atoms with van der Waals surface area (Å²) in [5, 5.41) is -0.649. The number of ketones is 2. The maximum atomic E-state index is 15.7. The Morgan fingerprint density at radius 2 is 1.85 bits per heavy atom. The lowest BCUT2D eigenvalue weighted by atomic mass is 9.46. The number of carbonyl (C=O) groups is 2. The fourth-order valence-corrected chi connectivity index (χ4v) is 9.36. The van der Waals surface area contributed by atoms with E-state index in [0.29, 0.717) is 18.4 Å². The fraction of sp³-hybridized carbons (Fsp3) is 0.750. The molecule has 5 rings (SSSR count). The smallest absolute Gasteiger partial charge is 0.200 e. The van der Waals surface area contributed by atoms with Crippen LogP contribution in [0.1, 0.15) is 47.0 Å². The Bertz CT molecular complexity index is 997. The average Bonchev–Trinajstić information content (AvgIpc) is 3.11. The van der Waals surface area contributed by atoms with Crippen LogP contribution < -0.4 is 0 Å². The van der Waals surface area contributed by atoms with Gasteiger partial charge in [-0.25, -0.2) is 4.39 Å². The topological polar surface area (TPSA) is 52.6 Å². The van der Waals surface area contributed by atoms with Crippen LogP contribution in [0.2, 0.25) is 0 Å². The number of Topliss-reactive ketones (excluding diaryl/α,β-unsaturated/α-hetero) is 1. The number of allylic oxidation sites excluding steroid dienone is 4. The Hall–Kier alpha value is -0.170. The molecule has 0 radical (unpaired) electrons. The molecule has 3 saturated carbocycles. The molecule has 0 spiro atoms. The van der Waals surface area contributed by atoms with Gasteiger partial charge in [-0.1, -0.05) is 43.1 Å². The third kappa shape index (κ3) is 2.84. The minimum atomic E-state index is -1.41.